The van der Waals surface area contributed by atoms with E-state index in [0.29, 0.717) is 18.1 Å². The molecule has 0 radical (unpaired) electrons. The predicted molar refractivity (Wildman–Crippen MR) is 81.1 cm³/mol. The van der Waals surface area contributed by atoms with Crippen molar-refractivity contribution in [3.63, 3.8) is 0 Å². The Morgan fingerprint density at radius 2 is 1.90 bits per heavy atom. The van der Waals surface area contributed by atoms with E-state index >= 15 is 0 Å². The van der Waals surface area contributed by atoms with Crippen molar-refractivity contribution >= 4 is 0 Å². The van der Waals surface area contributed by atoms with Gasteiger partial charge in [0.25, 0.3) is 0 Å². The first-order chi connectivity index (χ1) is 10.0. The molecule has 5 nitrogen and oxygen atoms in total. The highest BCUT2D eigenvalue weighted by molar-refractivity contribution is 5.27. The van der Waals surface area contributed by atoms with Crippen molar-refractivity contribution in [1.82, 2.24) is 10.1 Å². The highest BCUT2D eigenvalue weighted by Gasteiger charge is 2.14. The molecule has 0 aliphatic carbocycles. The maximum absolute atomic E-state index is 9.26. The lowest BCUT2D eigenvalue weighted by Gasteiger charge is -2.07. The van der Waals surface area contributed by atoms with Gasteiger partial charge in [-0.3, -0.25) is 0 Å². The lowest BCUT2D eigenvalue weighted by Crippen LogP contribution is -2.14. The molecule has 0 aliphatic heterocycles. The molecule has 0 fully saturated rings. The predicted octanol–water partition coefficient (Wildman–Crippen LogP) is 2.99. The van der Waals surface area contributed by atoms with Gasteiger partial charge in [0.05, 0.1) is 0 Å². The second-order valence-electron chi connectivity index (χ2n) is 5.70. The van der Waals surface area contributed by atoms with Crippen molar-refractivity contribution < 1.29 is 9.63 Å². The van der Waals surface area contributed by atoms with Crippen molar-refractivity contribution in [2.24, 2.45) is 5.73 Å². The summed E-state index contributed by atoms with van der Waals surface area (Å²) in [5.74, 6) is 1.88. The van der Waals surface area contributed by atoms with E-state index in [1.54, 1.807) is 12.1 Å². The molecule has 3 N–H and O–H groups in total. The zero-order valence-electron chi connectivity index (χ0n) is 12.6. The van der Waals surface area contributed by atoms with Gasteiger partial charge in [-0.1, -0.05) is 30.6 Å². The van der Waals surface area contributed by atoms with E-state index in [1.165, 1.54) is 0 Å². The summed E-state index contributed by atoms with van der Waals surface area (Å²) in [6.45, 7) is 4.12. The number of phenolic OH excluding ortho intramolecular Hbond substituents is 1. The van der Waals surface area contributed by atoms with Crippen LogP contribution in [0.4, 0.5) is 0 Å². The lowest BCUT2D eigenvalue weighted by atomic mass is 10.0. The van der Waals surface area contributed by atoms with Gasteiger partial charge in [0.15, 0.2) is 5.82 Å². The van der Waals surface area contributed by atoms with Crippen LogP contribution < -0.4 is 5.73 Å². The molecule has 1 aromatic carbocycles. The highest BCUT2D eigenvalue weighted by Crippen LogP contribution is 2.21. The second kappa shape index (κ2) is 7.22. The molecule has 1 heterocycles. The van der Waals surface area contributed by atoms with E-state index in [-0.39, 0.29) is 17.7 Å². The Balaban J connectivity index is 1.89. The van der Waals surface area contributed by atoms with Crippen LogP contribution in [0.3, 0.4) is 0 Å². The van der Waals surface area contributed by atoms with Gasteiger partial charge in [-0.25, -0.2) is 0 Å². The van der Waals surface area contributed by atoms with Gasteiger partial charge in [-0.15, -0.1) is 0 Å². The van der Waals surface area contributed by atoms with E-state index < -0.39 is 0 Å². The SMILES string of the molecule is CC(N)CCCC(C)c1nc(Cc2ccc(O)cc2)no1. The third-order valence-corrected chi connectivity index (χ3v) is 3.50. The molecule has 21 heavy (non-hydrogen) atoms. The van der Waals surface area contributed by atoms with Crippen LogP contribution >= 0.6 is 0 Å². The average molecular weight is 289 g/mol. The Bertz CT molecular complexity index is 549. The number of hydrogen-bond donors (Lipinski definition) is 2. The minimum atomic E-state index is 0.241. The molecule has 2 aromatic rings. The van der Waals surface area contributed by atoms with Crippen LogP contribution in [0.5, 0.6) is 5.75 Å². The first-order valence-electron chi connectivity index (χ1n) is 7.40. The van der Waals surface area contributed by atoms with Crippen LogP contribution in [0.2, 0.25) is 0 Å². The van der Waals surface area contributed by atoms with Crippen LogP contribution in [0.1, 0.15) is 56.3 Å². The number of benzene rings is 1. The van der Waals surface area contributed by atoms with Crippen LogP contribution in [0, 0.1) is 0 Å². The van der Waals surface area contributed by atoms with Crippen molar-refractivity contribution in [2.75, 3.05) is 0 Å². The summed E-state index contributed by atoms with van der Waals surface area (Å²) in [7, 11) is 0. The number of hydrogen-bond acceptors (Lipinski definition) is 5. The maximum Gasteiger partial charge on any atom is 0.229 e. The van der Waals surface area contributed by atoms with Gasteiger partial charge >= 0.3 is 0 Å². The summed E-state index contributed by atoms with van der Waals surface area (Å²) in [5.41, 5.74) is 6.79. The van der Waals surface area contributed by atoms with Crippen LogP contribution in [-0.4, -0.2) is 21.3 Å². The van der Waals surface area contributed by atoms with E-state index in [2.05, 4.69) is 17.1 Å². The molecule has 0 bridgehead atoms. The van der Waals surface area contributed by atoms with Crippen molar-refractivity contribution in [2.45, 2.75) is 51.5 Å². The minimum absolute atomic E-state index is 0.241. The number of phenols is 1. The van der Waals surface area contributed by atoms with E-state index in [9.17, 15) is 5.11 Å². The standard InChI is InChI=1S/C16H23N3O2/c1-11(4-3-5-12(2)17)16-18-15(19-21-16)10-13-6-8-14(20)9-7-13/h6-9,11-12,20H,3-5,10,17H2,1-2H3. The fourth-order valence-corrected chi connectivity index (χ4v) is 2.21. The van der Waals surface area contributed by atoms with Gasteiger partial charge in [0, 0.05) is 18.4 Å². The average Bonchev–Trinajstić information content (AvgIpc) is 2.89. The molecular formula is C16H23N3O2. The first-order valence-corrected chi connectivity index (χ1v) is 7.40. The normalized spacial score (nSPS) is 14.0. The number of aromatic hydroxyl groups is 1. The summed E-state index contributed by atoms with van der Waals surface area (Å²) in [4.78, 5) is 4.45. The fraction of sp³-hybridized carbons (Fsp3) is 0.500. The molecule has 0 amide bonds. The first kappa shape index (κ1) is 15.5. The van der Waals surface area contributed by atoms with Gasteiger partial charge in [-0.2, -0.15) is 4.98 Å². The van der Waals surface area contributed by atoms with Crippen LogP contribution in [-0.2, 0) is 6.42 Å². The monoisotopic (exact) mass is 289 g/mol. The summed E-state index contributed by atoms with van der Waals surface area (Å²) >= 11 is 0. The molecule has 0 aliphatic rings. The highest BCUT2D eigenvalue weighted by atomic mass is 16.5. The third kappa shape index (κ3) is 4.86. The Morgan fingerprint density at radius 1 is 1.19 bits per heavy atom. The van der Waals surface area contributed by atoms with E-state index in [4.69, 9.17) is 10.3 Å². The number of nitrogens with two attached hydrogens (primary N) is 1. The van der Waals surface area contributed by atoms with Crippen molar-refractivity contribution in [3.8, 4) is 5.75 Å². The topological polar surface area (TPSA) is 85.2 Å². The number of aromatic nitrogens is 2. The summed E-state index contributed by atoms with van der Waals surface area (Å²) < 4.78 is 5.34. The smallest absolute Gasteiger partial charge is 0.229 e. The molecule has 0 saturated heterocycles. The molecule has 0 spiro atoms. The Morgan fingerprint density at radius 3 is 2.57 bits per heavy atom. The molecule has 2 atom stereocenters. The quantitative estimate of drug-likeness (QED) is 0.818. The molecular weight excluding hydrogens is 266 g/mol. The van der Waals surface area contributed by atoms with Crippen LogP contribution in [0.25, 0.3) is 0 Å². The van der Waals surface area contributed by atoms with Gasteiger partial charge in [0.1, 0.15) is 5.75 Å². The maximum atomic E-state index is 9.26. The minimum Gasteiger partial charge on any atom is -0.508 e. The lowest BCUT2D eigenvalue weighted by molar-refractivity contribution is 0.346. The Kier molecular flexibility index (Phi) is 5.33. The molecule has 0 saturated carbocycles. The zero-order chi connectivity index (χ0) is 15.2. The molecule has 114 valence electrons. The summed E-state index contributed by atoms with van der Waals surface area (Å²) in [5, 5.41) is 13.3. The zero-order valence-corrected chi connectivity index (χ0v) is 12.6. The number of rotatable bonds is 7. The summed E-state index contributed by atoms with van der Waals surface area (Å²) in [6.07, 6.45) is 3.69. The molecule has 2 rings (SSSR count). The molecule has 5 heteroatoms. The number of nitrogens with zero attached hydrogens (tertiary/aromatic N) is 2. The largest absolute Gasteiger partial charge is 0.508 e. The van der Waals surface area contributed by atoms with Gasteiger partial charge in [0.2, 0.25) is 5.89 Å². The second-order valence-corrected chi connectivity index (χ2v) is 5.70. The molecule has 1 aromatic heterocycles. The fourth-order valence-electron chi connectivity index (χ4n) is 2.21. The van der Waals surface area contributed by atoms with Crippen molar-refractivity contribution in [3.05, 3.63) is 41.5 Å². The van der Waals surface area contributed by atoms with Gasteiger partial charge in [-0.05, 0) is 37.5 Å². The molecule has 2 unspecified atom stereocenters. The third-order valence-electron chi connectivity index (χ3n) is 3.50. The van der Waals surface area contributed by atoms with E-state index in [1.807, 2.05) is 19.1 Å². The van der Waals surface area contributed by atoms with Crippen LogP contribution in [0.15, 0.2) is 28.8 Å². The Hall–Kier alpha value is -1.88. The van der Waals surface area contributed by atoms with Gasteiger partial charge < -0.3 is 15.4 Å². The Labute approximate surface area is 125 Å². The van der Waals surface area contributed by atoms with E-state index in [0.717, 1.165) is 24.8 Å². The summed E-state index contributed by atoms with van der Waals surface area (Å²) in [6, 6.07) is 7.28. The van der Waals surface area contributed by atoms with Crippen molar-refractivity contribution in [1.29, 1.82) is 0 Å².